The van der Waals surface area contributed by atoms with Crippen LogP contribution in [0.25, 0.3) is 0 Å². The molecule has 0 unspecified atom stereocenters. The number of β-lactam (4-membered cyclic amide) rings is 1. The summed E-state index contributed by atoms with van der Waals surface area (Å²) in [5.41, 5.74) is 15.0. The number of carbonyl (C=O) groups is 8. The summed E-state index contributed by atoms with van der Waals surface area (Å²) >= 11 is 1.93. The number of anilines is 3. The van der Waals surface area contributed by atoms with E-state index in [-0.39, 0.29) is 53.5 Å². The van der Waals surface area contributed by atoms with Gasteiger partial charge in [-0.3, -0.25) is 19.8 Å². The third-order valence-corrected chi connectivity index (χ3v) is 9.17. The number of nitrogens with two attached hydrogens (primary N) is 3. The fraction of sp³-hybridized carbons (Fsp3) is 0.448. The molecule has 368 valence electrons. The molecule has 2 aliphatic rings. The van der Waals surface area contributed by atoms with E-state index in [1.54, 1.807) is 11.7 Å². The second-order valence-corrected chi connectivity index (χ2v) is 14.4. The van der Waals surface area contributed by atoms with E-state index < -0.39 is 88.9 Å². The molecule has 1 fully saturated rings. The van der Waals surface area contributed by atoms with Crippen LogP contribution >= 0.6 is 23.3 Å². The number of hydrogen-bond donors (Lipinski definition) is 7. The Hall–Kier alpha value is -7.18. The maximum atomic E-state index is 13.2. The van der Waals surface area contributed by atoms with E-state index >= 15 is 0 Å². The van der Waals surface area contributed by atoms with Crippen LogP contribution in [0.4, 0.5) is 60.9 Å². The van der Waals surface area contributed by atoms with Gasteiger partial charge < -0.3 is 77.4 Å². The van der Waals surface area contributed by atoms with E-state index in [4.69, 9.17) is 51.7 Å². The van der Waals surface area contributed by atoms with Gasteiger partial charge in [0, 0.05) is 35.9 Å². The van der Waals surface area contributed by atoms with Crippen molar-refractivity contribution in [2.75, 3.05) is 35.6 Å². The molecule has 2 atom stereocenters. The van der Waals surface area contributed by atoms with Crippen LogP contribution in [-0.2, 0) is 52.0 Å². The monoisotopic (exact) mass is 1010 g/mol. The van der Waals surface area contributed by atoms with Crippen LogP contribution in [0.3, 0.4) is 0 Å². The molecule has 0 aromatic carbocycles. The fourth-order valence-electron chi connectivity index (χ4n) is 4.13. The number of halogens is 9. The minimum Gasteiger partial charge on any atom is -0.543 e. The molecule has 0 saturated carbocycles. The summed E-state index contributed by atoms with van der Waals surface area (Å²) in [5.74, 6) is -13.7. The summed E-state index contributed by atoms with van der Waals surface area (Å²) < 4.78 is 102. The molecule has 0 spiro atoms. The third-order valence-electron chi connectivity index (χ3n) is 7.29. The summed E-state index contributed by atoms with van der Waals surface area (Å²) in [4.78, 5) is 98.5. The van der Waals surface area contributed by atoms with Crippen LogP contribution in [0.2, 0.25) is 0 Å². The maximum Gasteiger partial charge on any atom is 0.430 e. The lowest BCUT2D eigenvalue weighted by atomic mass is 10.0. The minimum absolute atomic E-state index is 0.0106. The molecule has 0 bridgehead atoms. The first-order valence-corrected chi connectivity index (χ1v) is 18.5. The van der Waals surface area contributed by atoms with E-state index in [9.17, 15) is 73.7 Å². The number of carbonyl (C=O) groups excluding carboxylic acids is 7. The molecule has 37 heteroatoms. The van der Waals surface area contributed by atoms with Crippen molar-refractivity contribution in [3.63, 3.8) is 0 Å². The molecule has 1 saturated heterocycles. The Bertz CT molecular complexity index is 2190. The molecular weight excluding hydrogens is 976 g/mol. The Morgan fingerprint density at radius 2 is 1.45 bits per heavy atom. The quantitative estimate of drug-likeness (QED) is 0.0342. The standard InChI is InChI=1S/C23H30N12O8S2.3C2HF3O2/c1-23(2,20(40)41)43-31-11(15-30-21(26)45-32-15)16(36)29-12-17(37)35-13(19(38)39)9(8-44-18(12)35)6-34-7-10(14(25)33(34)3)28-22(42)27-5-4-24;3*3-2(4,5)1(6)7/h7,12,18,25H,4-6,8,24H2,1-3H3,(H7,26,27,28,29,30,32,36,38,39,40,41,42);3*(H,6,7)/p-3/b31-11-;;;/t12-,18-;;;/m1.../s1. The molecule has 4 amide bonds. The van der Waals surface area contributed by atoms with Crippen molar-refractivity contribution < 1.29 is 113 Å². The van der Waals surface area contributed by atoms with Gasteiger partial charge in [0.15, 0.2) is 23.2 Å². The van der Waals surface area contributed by atoms with Gasteiger partial charge in [-0.25, -0.2) is 9.59 Å². The molecule has 2 aromatic rings. The molecule has 66 heavy (non-hydrogen) atoms. The van der Waals surface area contributed by atoms with Gasteiger partial charge in [0.1, 0.15) is 29.3 Å². The van der Waals surface area contributed by atoms with E-state index in [0.29, 0.717) is 5.57 Å². The lowest BCUT2D eigenvalue weighted by Gasteiger charge is -2.50. The molecule has 4 rings (SSSR count). The normalized spacial score (nSPS) is 16.0. The van der Waals surface area contributed by atoms with Crippen LogP contribution in [0.5, 0.6) is 0 Å². The van der Waals surface area contributed by atoms with Crippen molar-refractivity contribution in [1.82, 2.24) is 29.6 Å². The first-order valence-electron chi connectivity index (χ1n) is 16.7. The number of fused-ring (bicyclic) bond motifs is 1. The number of hydrogen-bond acceptors (Lipinski definition) is 21. The Morgan fingerprint density at radius 3 is 1.86 bits per heavy atom. The van der Waals surface area contributed by atoms with Crippen LogP contribution in [0, 0.1) is 0 Å². The molecule has 0 aliphatic carbocycles. The minimum atomic E-state index is -5.19. The number of nitrogen functional groups attached to an aromatic ring is 2. The average molecular weight is 1010 g/mol. The highest BCUT2D eigenvalue weighted by molar-refractivity contribution is 8.00. The van der Waals surface area contributed by atoms with Gasteiger partial charge in [0.05, 0.1) is 18.7 Å². The van der Waals surface area contributed by atoms with Gasteiger partial charge in [-0.1, -0.05) is 5.16 Å². The summed E-state index contributed by atoms with van der Waals surface area (Å²) in [5, 5.41) is 58.4. The Balaban J connectivity index is 0.000000855. The number of aliphatic carboxylic acids is 5. The third kappa shape index (κ3) is 16.1. The Kier molecular flexibility index (Phi) is 19.5. The Labute approximate surface area is 368 Å². The van der Waals surface area contributed by atoms with Crippen molar-refractivity contribution in [2.45, 2.75) is 55.9 Å². The van der Waals surface area contributed by atoms with E-state index in [0.717, 1.165) is 16.4 Å². The summed E-state index contributed by atoms with van der Waals surface area (Å²) in [7, 11) is 1.60. The number of thioether (sulfide) groups is 1. The lowest BCUT2D eigenvalue weighted by molar-refractivity contribution is -0.765. The highest BCUT2D eigenvalue weighted by atomic mass is 32.2. The average Bonchev–Trinajstić information content (AvgIpc) is 3.72. The summed E-state index contributed by atoms with van der Waals surface area (Å²) in [6.45, 7) is 2.86. The Morgan fingerprint density at radius 1 is 0.955 bits per heavy atom. The largest absolute Gasteiger partial charge is 0.543 e. The van der Waals surface area contributed by atoms with Crippen molar-refractivity contribution in [2.24, 2.45) is 17.9 Å². The second-order valence-electron chi connectivity index (χ2n) is 12.5. The number of carboxylic acid groups (broad SMARTS) is 5. The van der Waals surface area contributed by atoms with E-state index in [1.165, 1.54) is 36.5 Å². The number of alkyl halides is 9. The first kappa shape index (κ1) is 56.8. The topological polar surface area (TPSA) is 423 Å². The lowest BCUT2D eigenvalue weighted by Crippen LogP contribution is -2.71. The van der Waals surface area contributed by atoms with Gasteiger partial charge in [0.25, 0.3) is 11.8 Å². The predicted molar refractivity (Wildman–Crippen MR) is 190 cm³/mol. The molecule has 2 aromatic heterocycles. The van der Waals surface area contributed by atoms with Gasteiger partial charge in [-0.05, 0) is 13.8 Å². The van der Waals surface area contributed by atoms with Crippen LogP contribution < -0.4 is 58.3 Å². The molecule has 26 nitrogen and oxygen atoms in total. The number of nitrogens with zero attached hydrogens (tertiary/aromatic N) is 6. The van der Waals surface area contributed by atoms with Crippen molar-refractivity contribution >= 4 is 93.3 Å². The molecule has 4 heterocycles. The molecular formula is C29H30F9N12O14S2-3. The zero-order chi connectivity index (χ0) is 51.4. The number of carboxylic acids is 5. The number of amides is 4. The van der Waals surface area contributed by atoms with E-state index in [1.807, 2.05) is 0 Å². The summed E-state index contributed by atoms with van der Waals surface area (Å²) in [6.07, 6.45) is -14.1. The number of aromatic nitrogens is 4. The number of urea groups is 1. The molecule has 0 radical (unpaired) electrons. The van der Waals surface area contributed by atoms with E-state index in [2.05, 4.69) is 30.5 Å². The number of oxime groups is 1. The van der Waals surface area contributed by atoms with Gasteiger partial charge in [0.2, 0.25) is 23.3 Å². The highest BCUT2D eigenvalue weighted by Crippen LogP contribution is 2.40. The zero-order valence-electron chi connectivity index (χ0n) is 32.9. The van der Waals surface area contributed by atoms with Crippen molar-refractivity contribution in [3.05, 3.63) is 23.3 Å². The van der Waals surface area contributed by atoms with Gasteiger partial charge in [-0.2, -0.15) is 48.9 Å². The van der Waals surface area contributed by atoms with Crippen molar-refractivity contribution in [3.8, 4) is 0 Å². The first-order chi connectivity index (χ1) is 30.0. The summed E-state index contributed by atoms with van der Waals surface area (Å²) in [6, 6.07) is -1.72. The maximum absolute atomic E-state index is 13.2. The van der Waals surface area contributed by atoms with Gasteiger partial charge >= 0.3 is 30.5 Å². The smallest absolute Gasteiger partial charge is 0.430 e. The zero-order valence-corrected chi connectivity index (χ0v) is 34.6. The SMILES string of the molecule is Cn1c(N)c(NC(=O)NCCN)c[n+]1CC1=C(C(=O)[O-])N2C(=O)[C@@H](NC(=O)/C(=N\OC(C)(C)C(=O)O)c3nsc(N)n3)[C@H]2SC1.O=C([O-])C(F)(F)F.O=C([O-])C(F)(F)F.O=C([O-])C(F)(F)F. The van der Waals surface area contributed by atoms with Crippen LogP contribution in [0.15, 0.2) is 22.6 Å². The fourth-order valence-corrected chi connectivity index (χ4v) is 5.90. The number of rotatable bonds is 12. The van der Waals surface area contributed by atoms with Crippen molar-refractivity contribution in [1.29, 1.82) is 0 Å². The van der Waals surface area contributed by atoms with Crippen LogP contribution in [0.1, 0.15) is 19.7 Å². The highest BCUT2D eigenvalue weighted by Gasteiger charge is 2.54. The van der Waals surface area contributed by atoms with Crippen LogP contribution in [-0.4, -0.2) is 132 Å². The molecule has 2 aliphatic heterocycles. The van der Waals surface area contributed by atoms with Gasteiger partial charge in [-0.15, -0.1) is 21.1 Å². The number of nitrogens with one attached hydrogen (secondary N) is 3. The molecule has 10 N–H and O–H groups in total. The second kappa shape index (κ2) is 22.6. The predicted octanol–water partition coefficient (Wildman–Crippen LogP) is -6.01.